The fourth-order valence-corrected chi connectivity index (χ4v) is 4.50. The van der Waals surface area contributed by atoms with Gasteiger partial charge in [-0.05, 0) is 50.1 Å². The maximum Gasteiger partial charge on any atom is 0.256 e. The zero-order valence-electron chi connectivity index (χ0n) is 18.7. The van der Waals surface area contributed by atoms with E-state index in [0.717, 1.165) is 16.8 Å². The number of fused-ring (bicyclic) bond motifs is 1. The summed E-state index contributed by atoms with van der Waals surface area (Å²) in [4.78, 5) is 29.6. The van der Waals surface area contributed by atoms with Gasteiger partial charge in [0.25, 0.3) is 11.8 Å². The first kappa shape index (κ1) is 21.4. The number of hydrogen-bond acceptors (Lipinski definition) is 4. The molecule has 2 aliphatic rings. The number of amides is 2. The molecule has 0 aliphatic carbocycles. The predicted octanol–water partition coefficient (Wildman–Crippen LogP) is 4.16. The number of nitrogens with zero attached hydrogens (tertiary/aromatic N) is 2. The second-order valence-electron chi connectivity index (χ2n) is 9.03. The number of rotatable bonds is 5. The number of ether oxygens (including phenoxy) is 1. The van der Waals surface area contributed by atoms with Gasteiger partial charge in [-0.3, -0.25) is 9.59 Å². The van der Waals surface area contributed by atoms with Gasteiger partial charge in [0.05, 0.1) is 12.2 Å². The van der Waals surface area contributed by atoms with Crippen LogP contribution in [0.2, 0.25) is 0 Å². The number of anilines is 1. The van der Waals surface area contributed by atoms with E-state index in [-0.39, 0.29) is 30.2 Å². The first-order valence-electron chi connectivity index (χ1n) is 11.0. The number of nitrogens with one attached hydrogen (secondary N) is 1. The third-order valence-electron chi connectivity index (χ3n) is 5.76. The average Bonchev–Trinajstić information content (AvgIpc) is 2.99. The smallest absolute Gasteiger partial charge is 0.256 e. The summed E-state index contributed by atoms with van der Waals surface area (Å²) in [5, 5.41) is 3.50. The Bertz CT molecular complexity index is 947. The molecule has 0 saturated carbocycles. The normalized spacial score (nSPS) is 23.3. The van der Waals surface area contributed by atoms with Crippen LogP contribution in [0.15, 0.2) is 48.5 Å². The van der Waals surface area contributed by atoms with E-state index in [9.17, 15) is 9.59 Å². The van der Waals surface area contributed by atoms with Crippen molar-refractivity contribution in [1.29, 1.82) is 0 Å². The summed E-state index contributed by atoms with van der Waals surface area (Å²) in [7, 11) is 0. The Kier molecular flexibility index (Phi) is 6.01. The SMILES string of the molecule is CC(C)CN1C(=O)c2ccccc2[C@H]1Nc1ccc(C(=O)N2C[C@@H](C)O[C@@H](C)C2)cc1. The van der Waals surface area contributed by atoms with Crippen LogP contribution in [0.1, 0.15) is 60.1 Å². The lowest BCUT2D eigenvalue weighted by Gasteiger charge is -2.35. The van der Waals surface area contributed by atoms with Crippen molar-refractivity contribution in [2.24, 2.45) is 5.92 Å². The molecule has 0 radical (unpaired) electrons. The topological polar surface area (TPSA) is 61.9 Å². The highest BCUT2D eigenvalue weighted by Gasteiger charge is 2.36. The number of hydrogen-bond donors (Lipinski definition) is 1. The third-order valence-corrected chi connectivity index (χ3v) is 5.76. The molecule has 4 rings (SSSR count). The highest BCUT2D eigenvalue weighted by molar-refractivity contribution is 5.99. The van der Waals surface area contributed by atoms with Crippen LogP contribution >= 0.6 is 0 Å². The van der Waals surface area contributed by atoms with Gasteiger partial charge in [-0.25, -0.2) is 0 Å². The quantitative estimate of drug-likeness (QED) is 0.788. The number of carbonyl (C=O) groups excluding carboxylic acids is 2. The van der Waals surface area contributed by atoms with Crippen molar-refractivity contribution in [1.82, 2.24) is 9.80 Å². The Hall–Kier alpha value is -2.86. The minimum atomic E-state index is -0.214. The van der Waals surface area contributed by atoms with E-state index < -0.39 is 0 Å². The van der Waals surface area contributed by atoms with Crippen LogP contribution in [0, 0.1) is 5.92 Å². The molecule has 6 heteroatoms. The lowest BCUT2D eigenvalue weighted by Crippen LogP contribution is -2.48. The fourth-order valence-electron chi connectivity index (χ4n) is 4.50. The lowest BCUT2D eigenvalue weighted by molar-refractivity contribution is -0.0586. The second kappa shape index (κ2) is 8.71. The van der Waals surface area contributed by atoms with Crippen LogP contribution < -0.4 is 5.32 Å². The first-order chi connectivity index (χ1) is 14.8. The molecule has 3 atom stereocenters. The molecule has 0 spiro atoms. The molecule has 2 heterocycles. The maximum atomic E-state index is 12.9. The molecule has 2 amide bonds. The van der Waals surface area contributed by atoms with Crippen molar-refractivity contribution in [2.45, 2.75) is 46.1 Å². The van der Waals surface area contributed by atoms with Crippen LogP contribution in [-0.2, 0) is 4.74 Å². The Morgan fingerprint density at radius 2 is 1.71 bits per heavy atom. The van der Waals surface area contributed by atoms with Crippen molar-refractivity contribution < 1.29 is 14.3 Å². The van der Waals surface area contributed by atoms with Gasteiger partial charge in [-0.1, -0.05) is 32.0 Å². The van der Waals surface area contributed by atoms with Crippen LogP contribution in [0.5, 0.6) is 0 Å². The maximum absolute atomic E-state index is 12.9. The Labute approximate surface area is 184 Å². The first-order valence-corrected chi connectivity index (χ1v) is 11.0. The largest absolute Gasteiger partial charge is 0.372 e. The molecule has 0 unspecified atom stereocenters. The number of carbonyl (C=O) groups is 2. The van der Waals surface area contributed by atoms with Gasteiger partial charge in [-0.2, -0.15) is 0 Å². The molecule has 1 saturated heterocycles. The summed E-state index contributed by atoms with van der Waals surface area (Å²) in [6.45, 7) is 10.1. The van der Waals surface area contributed by atoms with E-state index in [1.54, 1.807) is 0 Å². The summed E-state index contributed by atoms with van der Waals surface area (Å²) in [5.41, 5.74) is 3.28. The molecule has 2 aliphatic heterocycles. The molecular formula is C25H31N3O3. The molecule has 2 aromatic rings. The summed E-state index contributed by atoms with van der Waals surface area (Å²) in [6.07, 6.45) is -0.130. The molecule has 2 aromatic carbocycles. The molecule has 31 heavy (non-hydrogen) atoms. The lowest BCUT2D eigenvalue weighted by atomic mass is 10.1. The number of benzene rings is 2. The average molecular weight is 422 g/mol. The van der Waals surface area contributed by atoms with Crippen molar-refractivity contribution in [2.75, 3.05) is 25.0 Å². The third kappa shape index (κ3) is 4.44. The monoisotopic (exact) mass is 421 g/mol. The van der Waals surface area contributed by atoms with Crippen LogP contribution in [-0.4, -0.2) is 53.5 Å². The molecule has 0 bridgehead atoms. The predicted molar refractivity (Wildman–Crippen MR) is 121 cm³/mol. The molecule has 0 aromatic heterocycles. The van der Waals surface area contributed by atoms with E-state index in [0.29, 0.717) is 31.1 Å². The Morgan fingerprint density at radius 3 is 2.35 bits per heavy atom. The minimum absolute atomic E-state index is 0.0244. The molecule has 6 nitrogen and oxygen atoms in total. The van der Waals surface area contributed by atoms with Gasteiger partial charge in [0.1, 0.15) is 6.17 Å². The van der Waals surface area contributed by atoms with Gasteiger partial charge in [0.15, 0.2) is 0 Å². The van der Waals surface area contributed by atoms with Crippen molar-refractivity contribution >= 4 is 17.5 Å². The Morgan fingerprint density at radius 1 is 1.06 bits per heavy atom. The summed E-state index contributed by atoms with van der Waals surface area (Å²) in [6, 6.07) is 15.3. The van der Waals surface area contributed by atoms with E-state index in [1.807, 2.05) is 72.2 Å². The van der Waals surface area contributed by atoms with Crippen LogP contribution in [0.25, 0.3) is 0 Å². The van der Waals surface area contributed by atoms with E-state index in [4.69, 9.17) is 4.74 Å². The summed E-state index contributed by atoms with van der Waals surface area (Å²) in [5.74, 6) is 0.446. The van der Waals surface area contributed by atoms with Crippen molar-refractivity contribution in [3.05, 3.63) is 65.2 Å². The molecule has 164 valence electrons. The molecular weight excluding hydrogens is 390 g/mol. The van der Waals surface area contributed by atoms with Gasteiger partial charge < -0.3 is 19.9 Å². The number of morpholine rings is 1. The van der Waals surface area contributed by atoms with Gasteiger partial charge in [0.2, 0.25) is 0 Å². The minimum Gasteiger partial charge on any atom is -0.372 e. The Balaban J connectivity index is 1.51. The summed E-state index contributed by atoms with van der Waals surface area (Å²) >= 11 is 0. The fraction of sp³-hybridized carbons (Fsp3) is 0.440. The zero-order valence-corrected chi connectivity index (χ0v) is 18.7. The van der Waals surface area contributed by atoms with Crippen LogP contribution in [0.3, 0.4) is 0 Å². The molecule has 1 N–H and O–H groups in total. The zero-order chi connectivity index (χ0) is 22.1. The van der Waals surface area contributed by atoms with E-state index in [2.05, 4.69) is 19.2 Å². The standard InChI is InChI=1S/C25H31N3O3/c1-16(2)13-28-23(21-7-5-6-8-22(21)25(28)30)26-20-11-9-19(10-12-20)24(29)27-14-17(3)31-18(4)15-27/h5-12,16-18,23,26H,13-15H2,1-4H3/t17-,18+,23-/m0/s1. The highest BCUT2D eigenvalue weighted by Crippen LogP contribution is 2.35. The van der Waals surface area contributed by atoms with Gasteiger partial charge in [-0.15, -0.1) is 0 Å². The molecule has 1 fully saturated rings. The van der Waals surface area contributed by atoms with Gasteiger partial charge in [0, 0.05) is 42.0 Å². The van der Waals surface area contributed by atoms with E-state index in [1.165, 1.54) is 0 Å². The van der Waals surface area contributed by atoms with Crippen molar-refractivity contribution in [3.63, 3.8) is 0 Å². The highest BCUT2D eigenvalue weighted by atomic mass is 16.5. The van der Waals surface area contributed by atoms with Crippen molar-refractivity contribution in [3.8, 4) is 0 Å². The van der Waals surface area contributed by atoms with Gasteiger partial charge >= 0.3 is 0 Å². The second-order valence-corrected chi connectivity index (χ2v) is 9.03. The van der Waals surface area contributed by atoms with E-state index >= 15 is 0 Å². The van der Waals surface area contributed by atoms with Crippen LogP contribution in [0.4, 0.5) is 5.69 Å². The summed E-state index contributed by atoms with van der Waals surface area (Å²) < 4.78 is 5.73.